The summed E-state index contributed by atoms with van der Waals surface area (Å²) in [5.74, 6) is 0.215. The van der Waals surface area contributed by atoms with E-state index in [2.05, 4.69) is 0 Å². The van der Waals surface area contributed by atoms with Crippen molar-refractivity contribution in [2.45, 2.75) is 25.5 Å². The van der Waals surface area contributed by atoms with E-state index in [-0.39, 0.29) is 18.0 Å². The molecule has 2 amide bonds. The molecule has 0 spiro atoms. The van der Waals surface area contributed by atoms with Crippen LogP contribution in [-0.2, 0) is 16.1 Å². The zero-order valence-corrected chi connectivity index (χ0v) is 11.3. The van der Waals surface area contributed by atoms with Crippen molar-refractivity contribution in [3.8, 4) is 0 Å². The second kappa shape index (κ2) is 5.53. The lowest BCUT2D eigenvalue weighted by Gasteiger charge is -2.36. The predicted octanol–water partition coefficient (Wildman–Crippen LogP) is 1.63. The average Bonchev–Trinajstić information content (AvgIpc) is 2.87. The molecule has 5 heteroatoms. The summed E-state index contributed by atoms with van der Waals surface area (Å²) in [6, 6.07) is 9.82. The van der Waals surface area contributed by atoms with Crippen molar-refractivity contribution in [3.63, 3.8) is 0 Å². The van der Waals surface area contributed by atoms with Gasteiger partial charge in [0.2, 0.25) is 5.91 Å². The lowest BCUT2D eigenvalue weighted by Crippen LogP contribution is -2.53. The van der Waals surface area contributed by atoms with Crippen LogP contribution in [-0.4, -0.2) is 47.5 Å². The highest BCUT2D eigenvalue weighted by Gasteiger charge is 2.37. The van der Waals surface area contributed by atoms with E-state index in [0.29, 0.717) is 32.7 Å². The number of carbonyl (C=O) groups is 2. The summed E-state index contributed by atoms with van der Waals surface area (Å²) in [6.45, 7) is 2.09. The van der Waals surface area contributed by atoms with E-state index in [1.54, 1.807) is 4.90 Å². The second-order valence-corrected chi connectivity index (χ2v) is 5.27. The summed E-state index contributed by atoms with van der Waals surface area (Å²) in [7, 11) is 0. The van der Waals surface area contributed by atoms with Gasteiger partial charge in [-0.25, -0.2) is 4.79 Å². The van der Waals surface area contributed by atoms with Gasteiger partial charge >= 0.3 is 6.09 Å². The molecule has 2 aliphatic heterocycles. The molecular formula is C15H18N2O3. The van der Waals surface area contributed by atoms with Crippen molar-refractivity contribution in [1.82, 2.24) is 9.80 Å². The minimum atomic E-state index is -0.284. The van der Waals surface area contributed by atoms with E-state index in [1.165, 1.54) is 0 Å². The Bertz CT molecular complexity index is 503. The van der Waals surface area contributed by atoms with Crippen molar-refractivity contribution < 1.29 is 14.3 Å². The third kappa shape index (κ3) is 2.61. The maximum Gasteiger partial charge on any atom is 0.410 e. The summed E-state index contributed by atoms with van der Waals surface area (Å²) < 4.78 is 5.33. The monoisotopic (exact) mass is 274 g/mol. The number of piperazine rings is 1. The van der Waals surface area contributed by atoms with Crippen molar-refractivity contribution in [2.24, 2.45) is 0 Å². The molecule has 0 unspecified atom stereocenters. The number of rotatable bonds is 2. The zero-order valence-electron chi connectivity index (χ0n) is 11.3. The zero-order chi connectivity index (χ0) is 13.9. The number of carbonyl (C=O) groups excluding carboxylic acids is 2. The van der Waals surface area contributed by atoms with Gasteiger partial charge in [-0.05, 0) is 12.0 Å². The maximum absolute atomic E-state index is 12.0. The molecule has 2 saturated heterocycles. The van der Waals surface area contributed by atoms with Gasteiger partial charge in [-0.3, -0.25) is 4.79 Å². The van der Waals surface area contributed by atoms with Gasteiger partial charge in [-0.2, -0.15) is 0 Å². The number of hydrogen-bond acceptors (Lipinski definition) is 3. The molecule has 0 N–H and O–H groups in total. The largest absolute Gasteiger partial charge is 0.445 e. The van der Waals surface area contributed by atoms with Crippen LogP contribution in [0.25, 0.3) is 0 Å². The summed E-state index contributed by atoms with van der Waals surface area (Å²) in [5.41, 5.74) is 0.982. The van der Waals surface area contributed by atoms with Gasteiger partial charge in [-0.15, -0.1) is 0 Å². The second-order valence-electron chi connectivity index (χ2n) is 5.27. The molecule has 3 rings (SSSR count). The van der Waals surface area contributed by atoms with E-state index in [4.69, 9.17) is 4.74 Å². The number of amides is 2. The Labute approximate surface area is 118 Å². The molecule has 106 valence electrons. The number of nitrogens with zero attached hydrogens (tertiary/aromatic N) is 2. The highest BCUT2D eigenvalue weighted by Crippen LogP contribution is 2.23. The average molecular weight is 274 g/mol. The Balaban J connectivity index is 1.52. The van der Waals surface area contributed by atoms with Gasteiger partial charge in [0.15, 0.2) is 0 Å². The Kier molecular flexibility index (Phi) is 3.58. The van der Waals surface area contributed by atoms with Crippen molar-refractivity contribution in [1.29, 1.82) is 0 Å². The van der Waals surface area contributed by atoms with Crippen LogP contribution in [0.4, 0.5) is 4.79 Å². The van der Waals surface area contributed by atoms with Crippen LogP contribution in [0, 0.1) is 0 Å². The molecule has 0 saturated carbocycles. The predicted molar refractivity (Wildman–Crippen MR) is 72.9 cm³/mol. The van der Waals surface area contributed by atoms with Crippen LogP contribution < -0.4 is 0 Å². The topological polar surface area (TPSA) is 49.9 Å². The van der Waals surface area contributed by atoms with Gasteiger partial charge in [0.05, 0.1) is 0 Å². The fraction of sp³-hybridized carbons (Fsp3) is 0.467. The Hall–Kier alpha value is -2.04. The van der Waals surface area contributed by atoms with Gasteiger partial charge < -0.3 is 14.5 Å². The first-order valence-electron chi connectivity index (χ1n) is 6.99. The lowest BCUT2D eigenvalue weighted by molar-refractivity contribution is -0.130. The minimum Gasteiger partial charge on any atom is -0.445 e. The van der Waals surface area contributed by atoms with Gasteiger partial charge in [0.1, 0.15) is 6.61 Å². The fourth-order valence-electron chi connectivity index (χ4n) is 2.84. The van der Waals surface area contributed by atoms with Crippen LogP contribution in [0.3, 0.4) is 0 Å². The molecule has 0 aliphatic carbocycles. The number of ether oxygens (including phenoxy) is 1. The number of benzene rings is 1. The molecule has 2 heterocycles. The third-order valence-corrected chi connectivity index (χ3v) is 3.96. The van der Waals surface area contributed by atoms with Gasteiger partial charge in [0, 0.05) is 32.1 Å². The smallest absolute Gasteiger partial charge is 0.410 e. The summed E-state index contributed by atoms with van der Waals surface area (Å²) in [4.78, 5) is 27.2. The van der Waals surface area contributed by atoms with Crippen LogP contribution in [0.1, 0.15) is 18.4 Å². The Morgan fingerprint density at radius 2 is 2.05 bits per heavy atom. The molecule has 1 aromatic rings. The molecule has 2 aliphatic rings. The lowest BCUT2D eigenvalue weighted by atomic mass is 10.2. The van der Waals surface area contributed by atoms with Gasteiger partial charge in [0.25, 0.3) is 0 Å². The first-order chi connectivity index (χ1) is 9.74. The summed E-state index contributed by atoms with van der Waals surface area (Å²) in [6.07, 6.45) is 1.17. The maximum atomic E-state index is 12.0. The molecule has 20 heavy (non-hydrogen) atoms. The fourth-order valence-corrected chi connectivity index (χ4v) is 2.84. The van der Waals surface area contributed by atoms with Crippen molar-refractivity contribution in [2.75, 3.05) is 19.6 Å². The number of fused-ring (bicyclic) bond motifs is 1. The van der Waals surface area contributed by atoms with E-state index in [1.807, 2.05) is 35.2 Å². The number of hydrogen-bond donors (Lipinski definition) is 0. The SMILES string of the molecule is O=C(OCc1ccccc1)N1CCN2C(=O)CC[C@H]2C1. The highest BCUT2D eigenvalue weighted by atomic mass is 16.6. The van der Waals surface area contributed by atoms with E-state index >= 15 is 0 Å². The van der Waals surface area contributed by atoms with Gasteiger partial charge in [-0.1, -0.05) is 30.3 Å². The van der Waals surface area contributed by atoms with Crippen LogP contribution in [0.15, 0.2) is 30.3 Å². The Morgan fingerprint density at radius 3 is 2.85 bits per heavy atom. The minimum absolute atomic E-state index is 0.181. The normalized spacial score (nSPS) is 21.8. The molecule has 0 bridgehead atoms. The first kappa shape index (κ1) is 13.0. The summed E-state index contributed by atoms with van der Waals surface area (Å²) in [5, 5.41) is 0. The van der Waals surface area contributed by atoms with E-state index in [0.717, 1.165) is 12.0 Å². The van der Waals surface area contributed by atoms with Crippen molar-refractivity contribution in [3.05, 3.63) is 35.9 Å². The molecule has 0 radical (unpaired) electrons. The summed E-state index contributed by atoms with van der Waals surface area (Å²) >= 11 is 0. The third-order valence-electron chi connectivity index (χ3n) is 3.96. The molecular weight excluding hydrogens is 256 g/mol. The molecule has 1 atom stereocenters. The van der Waals surface area contributed by atoms with Crippen LogP contribution in [0.2, 0.25) is 0 Å². The molecule has 2 fully saturated rings. The first-order valence-corrected chi connectivity index (χ1v) is 6.99. The quantitative estimate of drug-likeness (QED) is 0.823. The molecule has 5 nitrogen and oxygen atoms in total. The molecule has 0 aromatic heterocycles. The Morgan fingerprint density at radius 1 is 1.25 bits per heavy atom. The van der Waals surface area contributed by atoms with Crippen molar-refractivity contribution >= 4 is 12.0 Å². The van der Waals surface area contributed by atoms with Crippen LogP contribution >= 0.6 is 0 Å². The van der Waals surface area contributed by atoms with Crippen LogP contribution in [0.5, 0.6) is 0 Å². The van der Waals surface area contributed by atoms with E-state index < -0.39 is 0 Å². The van der Waals surface area contributed by atoms with E-state index in [9.17, 15) is 9.59 Å². The highest BCUT2D eigenvalue weighted by molar-refractivity contribution is 5.79. The molecule has 1 aromatic carbocycles. The standard InChI is InChI=1S/C15H18N2O3/c18-14-7-6-13-10-16(8-9-17(13)14)15(19)20-11-12-4-2-1-3-5-12/h1-5,13H,6-11H2/t13-/m0/s1.